The molecule has 1 aliphatic rings. The van der Waals surface area contributed by atoms with Crippen molar-refractivity contribution in [3.05, 3.63) is 59.7 Å². The maximum absolute atomic E-state index is 13.3. The van der Waals surface area contributed by atoms with Gasteiger partial charge in [0.05, 0.1) is 18.7 Å². The van der Waals surface area contributed by atoms with Crippen molar-refractivity contribution in [2.75, 3.05) is 25.5 Å². The summed E-state index contributed by atoms with van der Waals surface area (Å²) in [4.78, 5) is 14.9. The minimum atomic E-state index is -4.27. The first-order valence-electron chi connectivity index (χ1n) is 9.61. The number of amides is 1. The van der Waals surface area contributed by atoms with Gasteiger partial charge in [-0.25, -0.2) is 0 Å². The van der Waals surface area contributed by atoms with Gasteiger partial charge in [-0.1, -0.05) is 36.4 Å². The van der Waals surface area contributed by atoms with Crippen LogP contribution in [0.15, 0.2) is 48.5 Å². The smallest absolute Gasteiger partial charge is 0.393 e. The minimum Gasteiger partial charge on any atom is -0.495 e. The standard InChI is InChI=1S/C22H25F3N2O2/c1-15-10-11-19(29-2)18(13-15)26-21(28)20(16-7-4-3-5-8-16)27-12-6-9-17(14-27)22(23,24)25/h3-5,7-8,10-11,13,17,20H,6,9,12,14H2,1-2H3,(H,26,28)/t17-,20-/m0/s1. The van der Waals surface area contributed by atoms with Gasteiger partial charge in [0.25, 0.3) is 0 Å². The fourth-order valence-electron chi connectivity index (χ4n) is 3.79. The lowest BCUT2D eigenvalue weighted by molar-refractivity contribution is -0.189. The number of likely N-dealkylation sites (tertiary alicyclic amines) is 1. The highest BCUT2D eigenvalue weighted by Gasteiger charge is 2.44. The molecule has 0 unspecified atom stereocenters. The fourth-order valence-corrected chi connectivity index (χ4v) is 3.79. The molecule has 3 rings (SSSR count). The Balaban J connectivity index is 1.90. The average Bonchev–Trinajstić information content (AvgIpc) is 2.69. The zero-order valence-electron chi connectivity index (χ0n) is 16.5. The van der Waals surface area contributed by atoms with Crippen molar-refractivity contribution in [2.24, 2.45) is 5.92 Å². The third kappa shape index (κ3) is 5.09. The number of ether oxygens (including phenoxy) is 1. The van der Waals surface area contributed by atoms with Gasteiger partial charge in [0.1, 0.15) is 11.8 Å². The average molecular weight is 406 g/mol. The number of alkyl halides is 3. The van der Waals surface area contributed by atoms with E-state index >= 15 is 0 Å². The third-order valence-corrected chi connectivity index (χ3v) is 5.26. The molecule has 1 amide bonds. The molecule has 0 aromatic heterocycles. The van der Waals surface area contributed by atoms with E-state index in [-0.39, 0.29) is 18.9 Å². The molecule has 1 aliphatic heterocycles. The number of halogens is 3. The second-order valence-corrected chi connectivity index (χ2v) is 7.38. The van der Waals surface area contributed by atoms with E-state index in [2.05, 4.69) is 5.32 Å². The van der Waals surface area contributed by atoms with Crippen molar-refractivity contribution in [2.45, 2.75) is 32.0 Å². The molecule has 0 saturated carbocycles. The summed E-state index contributed by atoms with van der Waals surface area (Å²) < 4.78 is 45.3. The number of hydrogen-bond acceptors (Lipinski definition) is 3. The Kier molecular flexibility index (Phi) is 6.47. The third-order valence-electron chi connectivity index (χ3n) is 5.26. The van der Waals surface area contributed by atoms with Gasteiger partial charge in [0, 0.05) is 6.54 Å². The number of aryl methyl sites for hydroxylation is 1. The van der Waals surface area contributed by atoms with Crippen LogP contribution in [0, 0.1) is 12.8 Å². The summed E-state index contributed by atoms with van der Waals surface area (Å²) in [5.41, 5.74) is 2.11. The van der Waals surface area contributed by atoms with Crippen molar-refractivity contribution in [3.8, 4) is 5.75 Å². The summed E-state index contributed by atoms with van der Waals surface area (Å²) in [7, 11) is 1.51. The van der Waals surface area contributed by atoms with E-state index in [0.29, 0.717) is 30.0 Å². The zero-order chi connectivity index (χ0) is 21.0. The number of carbonyl (C=O) groups is 1. The van der Waals surface area contributed by atoms with Crippen molar-refractivity contribution >= 4 is 11.6 Å². The predicted molar refractivity (Wildman–Crippen MR) is 106 cm³/mol. The number of hydrogen-bond donors (Lipinski definition) is 1. The fraction of sp³-hybridized carbons (Fsp3) is 0.409. The van der Waals surface area contributed by atoms with Crippen LogP contribution in [0.2, 0.25) is 0 Å². The highest BCUT2D eigenvalue weighted by Crippen LogP contribution is 2.37. The van der Waals surface area contributed by atoms with E-state index in [1.807, 2.05) is 19.1 Å². The molecule has 1 N–H and O–H groups in total. The SMILES string of the molecule is COc1ccc(C)cc1NC(=O)[C@H](c1ccccc1)N1CCC[C@H](C(F)(F)F)C1. The van der Waals surface area contributed by atoms with Gasteiger partial charge in [-0.15, -0.1) is 0 Å². The molecule has 0 spiro atoms. The van der Waals surface area contributed by atoms with Crippen LogP contribution in [0.1, 0.15) is 30.0 Å². The van der Waals surface area contributed by atoms with Crippen LogP contribution in [0.4, 0.5) is 18.9 Å². The molecule has 1 saturated heterocycles. The molecular weight excluding hydrogens is 381 g/mol. The molecule has 0 bridgehead atoms. The number of benzene rings is 2. The van der Waals surface area contributed by atoms with E-state index in [9.17, 15) is 18.0 Å². The number of carbonyl (C=O) groups excluding carboxylic acids is 1. The Morgan fingerprint density at radius 3 is 2.59 bits per heavy atom. The van der Waals surface area contributed by atoms with Gasteiger partial charge in [-0.2, -0.15) is 13.2 Å². The molecule has 0 aliphatic carbocycles. The van der Waals surface area contributed by atoms with Crippen LogP contribution < -0.4 is 10.1 Å². The number of methoxy groups -OCH3 is 1. The topological polar surface area (TPSA) is 41.6 Å². The summed E-state index contributed by atoms with van der Waals surface area (Å²) in [5, 5.41) is 2.86. The number of nitrogens with one attached hydrogen (secondary N) is 1. The largest absolute Gasteiger partial charge is 0.495 e. The van der Waals surface area contributed by atoms with Gasteiger partial charge in [0.15, 0.2) is 0 Å². The van der Waals surface area contributed by atoms with E-state index in [1.54, 1.807) is 41.3 Å². The molecule has 29 heavy (non-hydrogen) atoms. The van der Waals surface area contributed by atoms with E-state index in [0.717, 1.165) is 5.56 Å². The first-order valence-corrected chi connectivity index (χ1v) is 9.61. The highest BCUT2D eigenvalue weighted by atomic mass is 19.4. The Morgan fingerprint density at radius 1 is 1.21 bits per heavy atom. The monoisotopic (exact) mass is 406 g/mol. The second-order valence-electron chi connectivity index (χ2n) is 7.38. The summed E-state index contributed by atoms with van der Waals surface area (Å²) in [6.45, 7) is 2.13. The van der Waals surface area contributed by atoms with E-state index < -0.39 is 18.1 Å². The highest BCUT2D eigenvalue weighted by molar-refractivity contribution is 5.96. The number of piperidine rings is 1. The predicted octanol–water partition coefficient (Wildman–Crippen LogP) is 4.96. The van der Waals surface area contributed by atoms with Crippen molar-refractivity contribution in [1.82, 2.24) is 4.90 Å². The number of rotatable bonds is 5. The lowest BCUT2D eigenvalue weighted by Gasteiger charge is -2.38. The summed E-state index contributed by atoms with van der Waals surface area (Å²) in [6.07, 6.45) is -3.78. The number of anilines is 1. The van der Waals surface area contributed by atoms with Crippen LogP contribution >= 0.6 is 0 Å². The Morgan fingerprint density at radius 2 is 1.93 bits per heavy atom. The van der Waals surface area contributed by atoms with Crippen LogP contribution in [-0.2, 0) is 4.79 Å². The van der Waals surface area contributed by atoms with Gasteiger partial charge in [-0.3, -0.25) is 9.69 Å². The molecule has 1 heterocycles. The normalized spacial score (nSPS) is 18.9. The minimum absolute atomic E-state index is 0.0921. The van der Waals surface area contributed by atoms with Crippen molar-refractivity contribution in [1.29, 1.82) is 0 Å². The quantitative estimate of drug-likeness (QED) is 0.763. The Bertz CT molecular complexity index is 840. The maximum Gasteiger partial charge on any atom is 0.393 e. The second kappa shape index (κ2) is 8.86. The maximum atomic E-state index is 13.3. The van der Waals surface area contributed by atoms with Crippen LogP contribution in [-0.4, -0.2) is 37.2 Å². The van der Waals surface area contributed by atoms with E-state index in [4.69, 9.17) is 4.74 Å². The Hall–Kier alpha value is -2.54. The first-order chi connectivity index (χ1) is 13.8. The molecule has 0 radical (unpaired) electrons. The molecule has 2 aromatic carbocycles. The summed E-state index contributed by atoms with van der Waals surface area (Å²) >= 11 is 0. The molecule has 1 fully saturated rings. The van der Waals surface area contributed by atoms with Crippen molar-refractivity contribution < 1.29 is 22.7 Å². The van der Waals surface area contributed by atoms with Gasteiger partial charge < -0.3 is 10.1 Å². The molecule has 4 nitrogen and oxygen atoms in total. The lowest BCUT2D eigenvalue weighted by Crippen LogP contribution is -2.46. The first kappa shape index (κ1) is 21.2. The molecule has 2 aromatic rings. The van der Waals surface area contributed by atoms with E-state index in [1.165, 1.54) is 7.11 Å². The van der Waals surface area contributed by atoms with Crippen LogP contribution in [0.3, 0.4) is 0 Å². The molecule has 2 atom stereocenters. The van der Waals surface area contributed by atoms with Gasteiger partial charge in [-0.05, 0) is 49.6 Å². The Labute approximate surface area is 168 Å². The molecule has 7 heteroatoms. The van der Waals surface area contributed by atoms with Gasteiger partial charge >= 0.3 is 6.18 Å². The summed E-state index contributed by atoms with van der Waals surface area (Å²) in [5.74, 6) is -1.30. The lowest BCUT2D eigenvalue weighted by atomic mass is 9.94. The molecular formula is C22H25F3N2O2. The van der Waals surface area contributed by atoms with Gasteiger partial charge in [0.2, 0.25) is 5.91 Å². The van der Waals surface area contributed by atoms with Crippen molar-refractivity contribution in [3.63, 3.8) is 0 Å². The zero-order valence-corrected chi connectivity index (χ0v) is 16.5. The molecule has 156 valence electrons. The van der Waals surface area contributed by atoms with Crippen LogP contribution in [0.5, 0.6) is 5.75 Å². The number of nitrogens with zero attached hydrogens (tertiary/aromatic N) is 1. The summed E-state index contributed by atoms with van der Waals surface area (Å²) in [6, 6.07) is 13.5. The van der Waals surface area contributed by atoms with Crippen LogP contribution in [0.25, 0.3) is 0 Å².